The summed E-state index contributed by atoms with van der Waals surface area (Å²) in [4.78, 5) is 9.91. The summed E-state index contributed by atoms with van der Waals surface area (Å²) in [5.41, 5.74) is 2.01. The molecule has 0 amide bonds. The molecule has 3 rings (SSSR count). The molecule has 2 heterocycles. The van der Waals surface area contributed by atoms with Crippen LogP contribution in [0, 0.1) is 0 Å². The summed E-state index contributed by atoms with van der Waals surface area (Å²) < 4.78 is 42.8. The van der Waals surface area contributed by atoms with Crippen LogP contribution in [0.15, 0.2) is 33.8 Å². The predicted molar refractivity (Wildman–Crippen MR) is 124 cm³/mol. The highest BCUT2D eigenvalue weighted by atomic mass is 127. The molecule has 1 saturated heterocycles. The molecule has 0 radical (unpaired) electrons. The Balaban J connectivity index is 0.00000341. The first kappa shape index (κ1) is 25.4. The van der Waals surface area contributed by atoms with Crippen molar-refractivity contribution in [3.8, 4) is 11.5 Å². The molecular weight excluding hydrogens is 524 g/mol. The second-order valence-electron chi connectivity index (χ2n) is 7.30. The topological polar surface area (TPSA) is 78.6 Å². The van der Waals surface area contributed by atoms with E-state index in [0.717, 1.165) is 24.0 Å². The summed E-state index contributed by atoms with van der Waals surface area (Å²) in [5, 5.41) is 10.3. The lowest BCUT2D eigenvalue weighted by molar-refractivity contribution is -0.143. The lowest BCUT2D eigenvalue weighted by Gasteiger charge is -2.19. The molecule has 1 aliphatic heterocycles. The highest BCUT2D eigenvalue weighted by Gasteiger charge is 2.34. The number of aliphatic imine (C=N–C) groups is 1. The highest BCUT2D eigenvalue weighted by molar-refractivity contribution is 14.0. The van der Waals surface area contributed by atoms with Gasteiger partial charge in [0.25, 0.3) is 5.89 Å². The van der Waals surface area contributed by atoms with Gasteiger partial charge in [0, 0.05) is 44.7 Å². The fraction of sp³-hybridized carbons (Fsp3) is 0.550. The summed E-state index contributed by atoms with van der Waals surface area (Å²) in [5.74, 6) is 1.79. The Morgan fingerprint density at radius 3 is 2.65 bits per heavy atom. The maximum atomic E-state index is 12.5. The van der Waals surface area contributed by atoms with Crippen molar-refractivity contribution in [2.24, 2.45) is 4.99 Å². The largest absolute Gasteiger partial charge is 0.401 e. The Kier molecular flexibility index (Phi) is 9.54. The molecule has 2 N–H and O–H groups in total. The molecule has 1 unspecified atom stereocenters. The Morgan fingerprint density at radius 2 is 2.03 bits per heavy atom. The van der Waals surface area contributed by atoms with Crippen LogP contribution in [0.5, 0.6) is 0 Å². The first-order chi connectivity index (χ1) is 14.4. The number of benzene rings is 1. The van der Waals surface area contributed by atoms with Gasteiger partial charge in [0.1, 0.15) is 0 Å². The average molecular weight is 552 g/mol. The molecule has 1 fully saturated rings. The number of hydrogen-bond acceptors (Lipinski definition) is 5. The van der Waals surface area contributed by atoms with Gasteiger partial charge in [0.2, 0.25) is 0 Å². The van der Waals surface area contributed by atoms with Crippen molar-refractivity contribution in [2.45, 2.75) is 38.4 Å². The van der Waals surface area contributed by atoms with Crippen LogP contribution in [0.2, 0.25) is 0 Å². The van der Waals surface area contributed by atoms with Crippen LogP contribution in [-0.4, -0.2) is 66.4 Å². The molecule has 0 spiro atoms. The molecule has 1 aromatic heterocycles. The van der Waals surface area contributed by atoms with Gasteiger partial charge in [-0.15, -0.1) is 24.0 Å². The van der Waals surface area contributed by atoms with E-state index < -0.39 is 12.7 Å². The molecule has 1 aliphatic rings. The number of rotatable bonds is 7. The van der Waals surface area contributed by atoms with Crippen molar-refractivity contribution in [2.75, 3.05) is 33.2 Å². The molecule has 1 aromatic carbocycles. The van der Waals surface area contributed by atoms with E-state index in [0.29, 0.717) is 43.7 Å². The molecular formula is C20H28F3IN6O. The van der Waals surface area contributed by atoms with E-state index in [4.69, 9.17) is 4.52 Å². The normalized spacial score (nSPS) is 17.5. The van der Waals surface area contributed by atoms with Gasteiger partial charge in [-0.3, -0.25) is 9.89 Å². The number of likely N-dealkylation sites (tertiary alicyclic amines) is 1. The minimum Gasteiger partial charge on any atom is -0.356 e. The van der Waals surface area contributed by atoms with E-state index in [-0.39, 0.29) is 30.0 Å². The van der Waals surface area contributed by atoms with E-state index in [1.54, 1.807) is 7.05 Å². The second kappa shape index (κ2) is 11.7. The third kappa shape index (κ3) is 7.95. The number of nitrogens with one attached hydrogen (secondary N) is 2. The number of nitrogens with zero attached hydrogens (tertiary/aromatic N) is 4. The Labute approximate surface area is 196 Å². The zero-order valence-corrected chi connectivity index (χ0v) is 19.9. The first-order valence-corrected chi connectivity index (χ1v) is 10.0. The number of hydrogen-bond donors (Lipinski definition) is 2. The molecule has 0 saturated carbocycles. The van der Waals surface area contributed by atoms with Crippen LogP contribution in [0.25, 0.3) is 11.5 Å². The summed E-state index contributed by atoms with van der Waals surface area (Å²) in [6.45, 7) is 2.55. The standard InChI is InChI=1S/C20H27F3N6O.HI/c1-3-17-27-18(30-28-17)15-6-4-14(5-7-15)8-10-25-19(24-2)26-16-9-11-29(12-16)13-20(21,22)23;/h4-7,16H,3,8-13H2,1-2H3,(H2,24,25,26);1H. The van der Waals surface area contributed by atoms with Crippen molar-refractivity contribution in [3.63, 3.8) is 0 Å². The lowest BCUT2D eigenvalue weighted by Crippen LogP contribution is -2.45. The van der Waals surface area contributed by atoms with Crippen molar-refractivity contribution in [1.82, 2.24) is 25.7 Å². The zero-order chi connectivity index (χ0) is 21.6. The van der Waals surface area contributed by atoms with Gasteiger partial charge in [-0.2, -0.15) is 18.2 Å². The van der Waals surface area contributed by atoms with E-state index in [2.05, 4.69) is 25.8 Å². The predicted octanol–water partition coefficient (Wildman–Crippen LogP) is 3.26. The summed E-state index contributed by atoms with van der Waals surface area (Å²) in [7, 11) is 1.65. The maximum Gasteiger partial charge on any atom is 0.401 e. The summed E-state index contributed by atoms with van der Waals surface area (Å²) in [6, 6.07) is 7.87. The minimum absolute atomic E-state index is 0. The molecule has 0 bridgehead atoms. The minimum atomic E-state index is -4.16. The zero-order valence-electron chi connectivity index (χ0n) is 17.6. The molecule has 1 atom stereocenters. The van der Waals surface area contributed by atoms with E-state index in [1.165, 1.54) is 4.90 Å². The van der Waals surface area contributed by atoms with Gasteiger partial charge >= 0.3 is 6.18 Å². The van der Waals surface area contributed by atoms with Gasteiger partial charge in [-0.05, 0) is 30.5 Å². The van der Waals surface area contributed by atoms with E-state index >= 15 is 0 Å². The third-order valence-corrected chi connectivity index (χ3v) is 4.93. The quantitative estimate of drug-likeness (QED) is 0.312. The fourth-order valence-corrected chi connectivity index (χ4v) is 3.39. The van der Waals surface area contributed by atoms with Crippen LogP contribution in [-0.2, 0) is 12.8 Å². The lowest BCUT2D eigenvalue weighted by atomic mass is 10.1. The molecule has 31 heavy (non-hydrogen) atoms. The number of aromatic nitrogens is 2. The van der Waals surface area contributed by atoms with Gasteiger partial charge in [0.05, 0.1) is 6.54 Å². The molecule has 2 aromatic rings. The van der Waals surface area contributed by atoms with Gasteiger partial charge in [0.15, 0.2) is 11.8 Å². The summed E-state index contributed by atoms with van der Waals surface area (Å²) >= 11 is 0. The fourth-order valence-electron chi connectivity index (χ4n) is 3.39. The molecule has 11 heteroatoms. The third-order valence-electron chi connectivity index (χ3n) is 4.93. The monoisotopic (exact) mass is 552 g/mol. The number of alkyl halides is 3. The average Bonchev–Trinajstić information content (AvgIpc) is 3.36. The Hall–Kier alpha value is -1.89. The number of aryl methyl sites for hydroxylation is 1. The van der Waals surface area contributed by atoms with Crippen molar-refractivity contribution in [3.05, 3.63) is 35.7 Å². The van der Waals surface area contributed by atoms with Crippen LogP contribution in [0.1, 0.15) is 24.7 Å². The molecule has 172 valence electrons. The van der Waals surface area contributed by atoms with Crippen LogP contribution in [0.4, 0.5) is 13.2 Å². The second-order valence-corrected chi connectivity index (χ2v) is 7.30. The smallest absolute Gasteiger partial charge is 0.356 e. The van der Waals surface area contributed by atoms with Crippen LogP contribution in [0.3, 0.4) is 0 Å². The van der Waals surface area contributed by atoms with Crippen molar-refractivity contribution in [1.29, 1.82) is 0 Å². The van der Waals surface area contributed by atoms with Crippen molar-refractivity contribution < 1.29 is 17.7 Å². The van der Waals surface area contributed by atoms with Gasteiger partial charge in [-0.25, -0.2) is 0 Å². The van der Waals surface area contributed by atoms with Gasteiger partial charge in [-0.1, -0.05) is 24.2 Å². The van der Waals surface area contributed by atoms with Crippen LogP contribution < -0.4 is 10.6 Å². The molecule has 7 nitrogen and oxygen atoms in total. The number of halogens is 4. The van der Waals surface area contributed by atoms with E-state index in [1.807, 2.05) is 31.2 Å². The summed E-state index contributed by atoms with van der Waals surface area (Å²) in [6.07, 6.45) is -2.00. The first-order valence-electron chi connectivity index (χ1n) is 10.0. The SMILES string of the molecule is CCc1noc(-c2ccc(CCNC(=NC)NC3CCN(CC(F)(F)F)C3)cc2)n1.I. The van der Waals surface area contributed by atoms with Crippen molar-refractivity contribution >= 4 is 29.9 Å². The Bertz CT molecular complexity index is 840. The number of guanidine groups is 1. The van der Waals surface area contributed by atoms with E-state index in [9.17, 15) is 13.2 Å². The highest BCUT2D eigenvalue weighted by Crippen LogP contribution is 2.20. The maximum absolute atomic E-state index is 12.5. The Morgan fingerprint density at radius 1 is 1.29 bits per heavy atom. The van der Waals surface area contributed by atoms with Gasteiger partial charge < -0.3 is 15.2 Å². The van der Waals surface area contributed by atoms with Crippen LogP contribution >= 0.6 is 24.0 Å². The molecule has 0 aliphatic carbocycles.